The topological polar surface area (TPSA) is 12.5 Å². The third kappa shape index (κ3) is 1.45. The van der Waals surface area contributed by atoms with Gasteiger partial charge in [-0.1, -0.05) is 0 Å². The van der Waals surface area contributed by atoms with E-state index in [0.717, 1.165) is 26.3 Å². The van der Waals surface area contributed by atoms with E-state index in [4.69, 9.17) is 4.74 Å². The molecular formula is C5H13NO. The predicted molar refractivity (Wildman–Crippen MR) is 30.4 cm³/mol. The molecule has 0 amide bonds. The van der Waals surface area contributed by atoms with Gasteiger partial charge in [-0.2, -0.15) is 0 Å². The Bertz CT molecular complexity index is 54.4. The van der Waals surface area contributed by atoms with Crippen LogP contribution in [0.1, 0.15) is 1.43 Å². The summed E-state index contributed by atoms with van der Waals surface area (Å²) in [6.45, 7) is 4.02. The number of nitrogens with zero attached hydrogens (tertiary/aromatic N) is 1. The van der Waals surface area contributed by atoms with Crippen molar-refractivity contribution in [3.63, 3.8) is 0 Å². The number of hydrogen-bond acceptors (Lipinski definition) is 2. The second kappa shape index (κ2) is 2.28. The highest BCUT2D eigenvalue weighted by molar-refractivity contribution is 4.53. The van der Waals surface area contributed by atoms with Crippen molar-refractivity contribution in [2.24, 2.45) is 0 Å². The fourth-order valence-corrected chi connectivity index (χ4v) is 0.655. The molecule has 0 N–H and O–H groups in total. The van der Waals surface area contributed by atoms with Crippen molar-refractivity contribution < 1.29 is 6.16 Å². The maximum absolute atomic E-state index is 5.10. The zero-order valence-corrected chi connectivity index (χ0v) is 4.68. The average Bonchev–Trinajstić information content (AvgIpc) is 1.69. The minimum atomic E-state index is 0. The molecule has 1 aliphatic heterocycles. The Balaban J connectivity index is 0.000000490. The first kappa shape index (κ1) is 5.06. The molecule has 2 nitrogen and oxygen atoms in total. The fraction of sp³-hybridized carbons (Fsp3) is 1.00. The molecule has 0 radical (unpaired) electrons. The zero-order chi connectivity index (χ0) is 5.11. The van der Waals surface area contributed by atoms with Crippen molar-refractivity contribution in [2.45, 2.75) is 0 Å². The molecule has 1 fully saturated rings. The van der Waals surface area contributed by atoms with E-state index >= 15 is 0 Å². The largest absolute Gasteiger partial charge is 0.379 e. The van der Waals surface area contributed by atoms with Crippen molar-refractivity contribution in [1.29, 1.82) is 0 Å². The Kier molecular flexibility index (Phi) is 1.65. The quantitative estimate of drug-likeness (QED) is 0.434. The molecule has 44 valence electrons. The Morgan fingerprint density at radius 1 is 1.43 bits per heavy atom. The summed E-state index contributed by atoms with van der Waals surface area (Å²) in [6, 6.07) is 0. The van der Waals surface area contributed by atoms with Gasteiger partial charge in [-0.15, -0.1) is 0 Å². The van der Waals surface area contributed by atoms with Gasteiger partial charge in [-0.3, -0.25) is 0 Å². The van der Waals surface area contributed by atoms with Gasteiger partial charge in [0.25, 0.3) is 0 Å². The van der Waals surface area contributed by atoms with Crippen LogP contribution >= 0.6 is 0 Å². The number of ether oxygens (including phenoxy) is 1. The van der Waals surface area contributed by atoms with Gasteiger partial charge in [-0.25, -0.2) is 0 Å². The second-order valence-corrected chi connectivity index (χ2v) is 1.92. The summed E-state index contributed by atoms with van der Waals surface area (Å²) in [6.07, 6.45) is 0. The van der Waals surface area contributed by atoms with Crippen molar-refractivity contribution >= 4 is 0 Å². The van der Waals surface area contributed by atoms with Crippen LogP contribution in [0, 0.1) is 0 Å². The molecule has 0 aliphatic carbocycles. The third-order valence-electron chi connectivity index (χ3n) is 1.23. The van der Waals surface area contributed by atoms with E-state index in [9.17, 15) is 0 Å². The number of morpholine rings is 1. The zero-order valence-electron chi connectivity index (χ0n) is 4.68. The monoisotopic (exact) mass is 103 g/mol. The highest BCUT2D eigenvalue weighted by Gasteiger charge is 2.02. The summed E-state index contributed by atoms with van der Waals surface area (Å²) in [5.74, 6) is 0. The summed E-state index contributed by atoms with van der Waals surface area (Å²) < 4.78 is 5.10. The third-order valence-corrected chi connectivity index (χ3v) is 1.23. The van der Waals surface area contributed by atoms with Crippen LogP contribution in [-0.4, -0.2) is 38.3 Å². The minimum absolute atomic E-state index is 0. The fourth-order valence-electron chi connectivity index (χ4n) is 0.655. The molecule has 7 heavy (non-hydrogen) atoms. The smallest absolute Gasteiger partial charge is 0.0594 e. The summed E-state index contributed by atoms with van der Waals surface area (Å²) in [5.41, 5.74) is 0. The lowest BCUT2D eigenvalue weighted by molar-refractivity contribution is 0.0503. The highest BCUT2D eigenvalue weighted by atomic mass is 16.5. The van der Waals surface area contributed by atoms with Gasteiger partial charge in [0, 0.05) is 14.5 Å². The van der Waals surface area contributed by atoms with Gasteiger partial charge in [0.05, 0.1) is 13.2 Å². The molecular weight excluding hydrogens is 90.1 g/mol. The van der Waals surface area contributed by atoms with Crippen LogP contribution < -0.4 is 0 Å². The normalized spacial score (nSPS) is 25.3. The molecule has 0 aromatic carbocycles. The number of likely N-dealkylation sites (N-methyl/N-ethyl adjacent to an activating group) is 1. The van der Waals surface area contributed by atoms with Crippen LogP contribution in [0.2, 0.25) is 0 Å². The van der Waals surface area contributed by atoms with E-state index in [1.807, 2.05) is 0 Å². The van der Waals surface area contributed by atoms with Crippen molar-refractivity contribution in [2.75, 3.05) is 33.4 Å². The molecule has 0 aromatic heterocycles. The molecule has 1 saturated heterocycles. The van der Waals surface area contributed by atoms with Crippen molar-refractivity contribution in [1.82, 2.24) is 4.90 Å². The Morgan fingerprint density at radius 2 is 2.00 bits per heavy atom. The molecule has 0 saturated carbocycles. The lowest BCUT2D eigenvalue weighted by Gasteiger charge is -2.21. The molecule has 0 aromatic rings. The van der Waals surface area contributed by atoms with Gasteiger partial charge in [0.15, 0.2) is 0 Å². The molecule has 0 spiro atoms. The molecule has 0 bridgehead atoms. The van der Waals surface area contributed by atoms with E-state index in [1.54, 1.807) is 0 Å². The summed E-state index contributed by atoms with van der Waals surface area (Å²) in [4.78, 5) is 2.27. The second-order valence-electron chi connectivity index (χ2n) is 1.92. The van der Waals surface area contributed by atoms with Crippen LogP contribution in [0.25, 0.3) is 0 Å². The van der Waals surface area contributed by atoms with Crippen LogP contribution in [0.5, 0.6) is 0 Å². The average molecular weight is 103 g/mol. The summed E-state index contributed by atoms with van der Waals surface area (Å²) >= 11 is 0. The summed E-state index contributed by atoms with van der Waals surface area (Å²) in [7, 11) is 2.11. The van der Waals surface area contributed by atoms with Gasteiger partial charge in [0.2, 0.25) is 0 Å². The molecule has 0 atom stereocenters. The lowest BCUT2D eigenvalue weighted by atomic mass is 10.5. The van der Waals surface area contributed by atoms with Crippen LogP contribution in [-0.2, 0) is 4.74 Å². The van der Waals surface area contributed by atoms with E-state index in [-0.39, 0.29) is 1.43 Å². The van der Waals surface area contributed by atoms with Crippen molar-refractivity contribution in [3.05, 3.63) is 0 Å². The van der Waals surface area contributed by atoms with Crippen LogP contribution in [0.4, 0.5) is 0 Å². The van der Waals surface area contributed by atoms with E-state index in [0.29, 0.717) is 0 Å². The predicted octanol–water partition coefficient (Wildman–Crippen LogP) is 0.194. The highest BCUT2D eigenvalue weighted by Crippen LogP contribution is 1.89. The first-order chi connectivity index (χ1) is 3.39. The Morgan fingerprint density at radius 3 is 2.29 bits per heavy atom. The van der Waals surface area contributed by atoms with Crippen LogP contribution in [0.3, 0.4) is 0 Å². The Hall–Kier alpha value is -0.0800. The van der Waals surface area contributed by atoms with E-state index in [1.165, 1.54) is 0 Å². The first-order valence-corrected chi connectivity index (χ1v) is 2.66. The number of hydrogen-bond donors (Lipinski definition) is 0. The molecule has 1 rings (SSSR count). The molecule has 1 heterocycles. The van der Waals surface area contributed by atoms with E-state index in [2.05, 4.69) is 11.9 Å². The van der Waals surface area contributed by atoms with Gasteiger partial charge in [0.1, 0.15) is 0 Å². The van der Waals surface area contributed by atoms with Gasteiger partial charge in [-0.05, 0) is 7.05 Å². The van der Waals surface area contributed by atoms with E-state index < -0.39 is 0 Å². The maximum atomic E-state index is 5.10. The van der Waals surface area contributed by atoms with Gasteiger partial charge < -0.3 is 9.64 Å². The van der Waals surface area contributed by atoms with Crippen molar-refractivity contribution in [3.8, 4) is 0 Å². The Labute approximate surface area is 45.6 Å². The molecule has 0 unspecified atom stereocenters. The lowest BCUT2D eigenvalue weighted by Crippen LogP contribution is -2.32. The molecule has 1 aliphatic rings. The molecule has 2 heteroatoms. The van der Waals surface area contributed by atoms with Crippen LogP contribution in [0.15, 0.2) is 0 Å². The maximum Gasteiger partial charge on any atom is 0.0594 e. The standard InChI is InChI=1S/C5H11NO.H2/c1-6-2-4-7-5-3-6;/h2-5H2,1H3;1H. The van der Waals surface area contributed by atoms with Gasteiger partial charge >= 0.3 is 0 Å². The minimum Gasteiger partial charge on any atom is -0.379 e. The first-order valence-electron chi connectivity index (χ1n) is 2.66. The number of rotatable bonds is 0. The summed E-state index contributed by atoms with van der Waals surface area (Å²) in [5, 5.41) is 0. The SMILES string of the molecule is CN1CCOCC1.[HH].